The number of nitrogens with one attached hydrogen (secondary N) is 2. The number of aliphatic carboxylic acids is 1. The number of anilines is 1. The first kappa shape index (κ1) is 27.5. The van der Waals surface area contributed by atoms with E-state index in [1.165, 1.54) is 0 Å². The molecule has 0 saturated heterocycles. The van der Waals surface area contributed by atoms with Crippen molar-refractivity contribution < 1.29 is 27.9 Å². The molecule has 0 aliphatic heterocycles. The van der Waals surface area contributed by atoms with E-state index in [9.17, 15) is 18.0 Å². The maximum absolute atomic E-state index is 13.1. The van der Waals surface area contributed by atoms with Gasteiger partial charge >= 0.3 is 12.1 Å². The molecule has 192 valence electrons. The van der Waals surface area contributed by atoms with Gasteiger partial charge in [0.1, 0.15) is 0 Å². The van der Waals surface area contributed by atoms with Gasteiger partial charge in [-0.25, -0.2) is 4.79 Å². The molecule has 2 heterocycles. The van der Waals surface area contributed by atoms with E-state index < -0.39 is 12.1 Å². The molecule has 37 heavy (non-hydrogen) atoms. The molecule has 2 aromatic heterocycles. The predicted molar refractivity (Wildman–Crippen MR) is 135 cm³/mol. The number of alkyl halides is 3. The zero-order valence-corrected chi connectivity index (χ0v) is 20.2. The van der Waals surface area contributed by atoms with Crippen molar-refractivity contribution in [2.45, 2.75) is 25.2 Å². The molecule has 1 atom stereocenters. The summed E-state index contributed by atoms with van der Waals surface area (Å²) in [5.74, 6) is -2.82. The van der Waals surface area contributed by atoms with E-state index in [4.69, 9.17) is 9.90 Å². The fourth-order valence-corrected chi connectivity index (χ4v) is 3.76. The summed E-state index contributed by atoms with van der Waals surface area (Å²) in [5.41, 5.74) is 5.78. The molecule has 0 spiro atoms. The van der Waals surface area contributed by atoms with Crippen molar-refractivity contribution in [1.29, 1.82) is 0 Å². The normalized spacial score (nSPS) is 11.6. The Labute approximate surface area is 215 Å². The lowest BCUT2D eigenvalue weighted by atomic mass is 10.0. The van der Waals surface area contributed by atoms with Crippen molar-refractivity contribution in [1.82, 2.24) is 15.3 Å². The number of carbonyl (C=O) groups excluding carboxylic acids is 1. The number of carbonyl (C=O) groups is 2. The first-order valence-corrected chi connectivity index (χ1v) is 11.9. The highest BCUT2D eigenvalue weighted by molar-refractivity contribution is 7.09. The number of rotatable bonds is 8. The minimum absolute atomic E-state index is 0.0600. The number of benzene rings is 2. The Balaban J connectivity index is 0.000000479. The summed E-state index contributed by atoms with van der Waals surface area (Å²) in [6.45, 7) is 0.604. The van der Waals surface area contributed by atoms with Crippen molar-refractivity contribution in [3.63, 3.8) is 0 Å². The number of hydrogen-bond donors (Lipinski definition) is 3. The first-order valence-electron chi connectivity index (χ1n) is 11.0. The second-order valence-electron chi connectivity index (χ2n) is 7.70. The van der Waals surface area contributed by atoms with E-state index in [0.717, 1.165) is 27.3 Å². The van der Waals surface area contributed by atoms with Crippen LogP contribution in [0, 0.1) is 0 Å². The van der Waals surface area contributed by atoms with Crippen LogP contribution in [-0.4, -0.2) is 39.2 Å². The second-order valence-corrected chi connectivity index (χ2v) is 8.67. The van der Waals surface area contributed by atoms with Crippen molar-refractivity contribution in [3.8, 4) is 11.1 Å². The number of halogens is 3. The highest BCUT2D eigenvalue weighted by atomic mass is 32.1. The van der Waals surface area contributed by atoms with E-state index in [1.54, 1.807) is 29.2 Å². The Morgan fingerprint density at radius 1 is 0.946 bits per heavy atom. The highest BCUT2D eigenvalue weighted by Gasteiger charge is 2.38. The zero-order chi connectivity index (χ0) is 26.7. The van der Waals surface area contributed by atoms with Crippen LogP contribution in [0.2, 0.25) is 0 Å². The molecule has 3 N–H and O–H groups in total. The maximum atomic E-state index is 13.1. The van der Waals surface area contributed by atoms with Gasteiger partial charge in [-0.05, 0) is 47.4 Å². The van der Waals surface area contributed by atoms with Gasteiger partial charge in [0, 0.05) is 35.7 Å². The molecule has 0 fully saturated rings. The van der Waals surface area contributed by atoms with Gasteiger partial charge in [0.15, 0.2) is 0 Å². The Morgan fingerprint density at radius 2 is 1.65 bits per heavy atom. The summed E-state index contributed by atoms with van der Waals surface area (Å²) >= 11 is 1.58. The Morgan fingerprint density at radius 3 is 2.27 bits per heavy atom. The molecule has 0 bridgehead atoms. The summed E-state index contributed by atoms with van der Waals surface area (Å²) in [4.78, 5) is 31.3. The van der Waals surface area contributed by atoms with Gasteiger partial charge in [-0.3, -0.25) is 14.8 Å². The monoisotopic (exact) mass is 528 g/mol. The third kappa shape index (κ3) is 9.13. The second kappa shape index (κ2) is 13.3. The summed E-state index contributed by atoms with van der Waals surface area (Å²) in [7, 11) is 0. The Bertz CT molecular complexity index is 1270. The molecule has 0 aliphatic carbocycles. The molecule has 0 unspecified atom stereocenters. The Kier molecular flexibility index (Phi) is 9.87. The predicted octanol–water partition coefficient (Wildman–Crippen LogP) is 5.18. The van der Waals surface area contributed by atoms with Crippen LogP contribution in [0.5, 0.6) is 0 Å². The first-order chi connectivity index (χ1) is 17.7. The number of pyridine rings is 1. The quantitative estimate of drug-likeness (QED) is 0.291. The van der Waals surface area contributed by atoms with Crippen LogP contribution in [0.3, 0.4) is 0 Å². The summed E-state index contributed by atoms with van der Waals surface area (Å²) in [5, 5.41) is 13.6. The third-order valence-electron chi connectivity index (χ3n) is 4.99. The van der Waals surface area contributed by atoms with Gasteiger partial charge in [-0.15, -0.1) is 11.3 Å². The molecule has 11 heteroatoms. The SMILES string of the molecule is O=C(Nc1cccc(-c2ccncc2)c1)[C@@H](Cc1ccccc1)NCc1cncs1.O=C(O)C(F)(F)F. The van der Waals surface area contributed by atoms with Gasteiger partial charge in [0.2, 0.25) is 5.91 Å². The van der Waals surface area contributed by atoms with Gasteiger partial charge < -0.3 is 15.7 Å². The smallest absolute Gasteiger partial charge is 0.475 e. The van der Waals surface area contributed by atoms with Crippen LogP contribution in [-0.2, 0) is 22.6 Å². The van der Waals surface area contributed by atoms with Gasteiger partial charge in [-0.1, -0.05) is 42.5 Å². The third-order valence-corrected chi connectivity index (χ3v) is 5.77. The maximum Gasteiger partial charge on any atom is 0.490 e. The van der Waals surface area contributed by atoms with Crippen LogP contribution >= 0.6 is 11.3 Å². The molecule has 2 aromatic carbocycles. The van der Waals surface area contributed by atoms with Crippen molar-refractivity contribution in [2.75, 3.05) is 5.32 Å². The van der Waals surface area contributed by atoms with Crippen LogP contribution < -0.4 is 10.6 Å². The zero-order valence-electron chi connectivity index (χ0n) is 19.4. The molecular weight excluding hydrogens is 505 g/mol. The highest BCUT2D eigenvalue weighted by Crippen LogP contribution is 2.22. The minimum atomic E-state index is -5.08. The number of carboxylic acids is 1. The standard InChI is InChI=1S/C24H22N4OS.C2HF3O2/c29-24(28-21-8-4-7-20(14-21)19-9-11-25-12-10-19)23(13-18-5-2-1-3-6-18)27-16-22-15-26-17-30-22;3-2(4,5)1(6)7/h1-12,14-15,17,23,27H,13,16H2,(H,28,29);(H,6,7)/t23-;/m1./s1. The van der Waals surface area contributed by atoms with Crippen molar-refractivity contribution in [3.05, 3.63) is 101 Å². The lowest BCUT2D eigenvalue weighted by Crippen LogP contribution is -2.41. The molecule has 0 saturated carbocycles. The van der Waals surface area contributed by atoms with Crippen molar-refractivity contribution in [2.24, 2.45) is 0 Å². The van der Waals surface area contributed by atoms with E-state index >= 15 is 0 Å². The molecule has 1 amide bonds. The lowest BCUT2D eigenvalue weighted by Gasteiger charge is -2.19. The van der Waals surface area contributed by atoms with Crippen LogP contribution in [0.1, 0.15) is 10.4 Å². The molecule has 7 nitrogen and oxygen atoms in total. The van der Waals surface area contributed by atoms with Gasteiger partial charge in [0.05, 0.1) is 11.6 Å². The largest absolute Gasteiger partial charge is 0.490 e. The molecule has 0 aliphatic rings. The Hall–Kier alpha value is -4.09. The van der Waals surface area contributed by atoms with E-state index in [-0.39, 0.29) is 11.9 Å². The molecule has 0 radical (unpaired) electrons. The summed E-state index contributed by atoms with van der Waals surface area (Å²) < 4.78 is 31.7. The van der Waals surface area contributed by atoms with Crippen LogP contribution in [0.25, 0.3) is 11.1 Å². The van der Waals surface area contributed by atoms with Crippen LogP contribution in [0.4, 0.5) is 18.9 Å². The number of carboxylic acid groups (broad SMARTS) is 1. The number of thiazole rings is 1. The minimum Gasteiger partial charge on any atom is -0.475 e. The summed E-state index contributed by atoms with van der Waals surface area (Å²) in [6, 6.07) is 21.4. The van der Waals surface area contributed by atoms with E-state index in [1.807, 2.05) is 72.9 Å². The lowest BCUT2D eigenvalue weighted by molar-refractivity contribution is -0.192. The molecular formula is C26H23F3N4O3S. The van der Waals surface area contributed by atoms with E-state index in [2.05, 4.69) is 20.6 Å². The van der Waals surface area contributed by atoms with Crippen molar-refractivity contribution >= 4 is 28.9 Å². The number of aromatic nitrogens is 2. The number of hydrogen-bond acceptors (Lipinski definition) is 6. The number of nitrogens with zero attached hydrogens (tertiary/aromatic N) is 2. The summed E-state index contributed by atoms with van der Waals surface area (Å²) in [6.07, 6.45) is 0.878. The average Bonchev–Trinajstić information content (AvgIpc) is 3.41. The molecule has 4 rings (SSSR count). The van der Waals surface area contributed by atoms with Gasteiger partial charge in [0.25, 0.3) is 0 Å². The van der Waals surface area contributed by atoms with E-state index in [0.29, 0.717) is 13.0 Å². The fourth-order valence-electron chi connectivity index (χ4n) is 3.21. The van der Waals surface area contributed by atoms with Crippen LogP contribution in [0.15, 0.2) is 90.8 Å². The number of amides is 1. The molecule has 4 aromatic rings. The topological polar surface area (TPSA) is 104 Å². The average molecular weight is 529 g/mol. The van der Waals surface area contributed by atoms with Gasteiger partial charge in [-0.2, -0.15) is 13.2 Å². The fraction of sp³-hybridized carbons (Fsp3) is 0.154.